The smallest absolute Gasteiger partial charge is 0.410 e. The standard InChI is InChI=1S/C13H21NO4/c1-13(2,3)18-12(17)14-7-8-4-5-10(14)9(6-8)11(15)16/h8-10H,4-7H2,1-3H3,(H,15,16)/t8-,9-,10+/m1/s1. The van der Waals surface area contributed by atoms with Crippen molar-refractivity contribution in [2.24, 2.45) is 11.8 Å². The van der Waals surface area contributed by atoms with Gasteiger partial charge in [-0.1, -0.05) is 0 Å². The van der Waals surface area contributed by atoms with E-state index in [2.05, 4.69) is 0 Å². The van der Waals surface area contributed by atoms with Crippen LogP contribution in [0.3, 0.4) is 0 Å². The molecule has 0 radical (unpaired) electrons. The number of nitrogens with zero attached hydrogens (tertiary/aromatic N) is 1. The van der Waals surface area contributed by atoms with E-state index in [9.17, 15) is 14.7 Å². The van der Waals surface area contributed by atoms with E-state index in [0.29, 0.717) is 18.9 Å². The maximum atomic E-state index is 12.1. The highest BCUT2D eigenvalue weighted by molar-refractivity contribution is 5.74. The molecule has 2 aliphatic heterocycles. The molecule has 0 spiro atoms. The summed E-state index contributed by atoms with van der Waals surface area (Å²) in [4.78, 5) is 24.9. The first kappa shape index (κ1) is 13.2. The van der Waals surface area contributed by atoms with Crippen LogP contribution in [0.2, 0.25) is 0 Å². The van der Waals surface area contributed by atoms with Crippen molar-refractivity contribution in [3.63, 3.8) is 0 Å². The van der Waals surface area contributed by atoms with E-state index < -0.39 is 17.5 Å². The molecule has 2 heterocycles. The van der Waals surface area contributed by atoms with Gasteiger partial charge in [0.2, 0.25) is 0 Å². The molecule has 0 aromatic carbocycles. The number of carboxylic acids is 1. The molecule has 0 aromatic heterocycles. The molecule has 3 aliphatic rings. The van der Waals surface area contributed by atoms with Crippen LogP contribution in [-0.2, 0) is 9.53 Å². The molecule has 1 saturated carbocycles. The number of fused-ring (bicyclic) bond motifs is 3. The van der Waals surface area contributed by atoms with Crippen LogP contribution in [0.15, 0.2) is 0 Å². The van der Waals surface area contributed by atoms with Gasteiger partial charge in [0.25, 0.3) is 0 Å². The van der Waals surface area contributed by atoms with Crippen molar-refractivity contribution in [2.75, 3.05) is 6.54 Å². The van der Waals surface area contributed by atoms with Gasteiger partial charge in [-0.05, 0) is 46.0 Å². The van der Waals surface area contributed by atoms with Gasteiger partial charge < -0.3 is 14.7 Å². The highest BCUT2D eigenvalue weighted by Crippen LogP contribution is 2.39. The van der Waals surface area contributed by atoms with Gasteiger partial charge in [-0.3, -0.25) is 4.79 Å². The second kappa shape index (κ2) is 4.44. The second-order valence-corrected chi connectivity index (χ2v) is 6.32. The lowest BCUT2D eigenvalue weighted by atomic mass is 9.73. The summed E-state index contributed by atoms with van der Waals surface area (Å²) in [7, 11) is 0. The Morgan fingerprint density at radius 1 is 1.28 bits per heavy atom. The molecule has 0 unspecified atom stereocenters. The zero-order valence-corrected chi connectivity index (χ0v) is 11.2. The van der Waals surface area contributed by atoms with Gasteiger partial charge in [0.05, 0.1) is 5.92 Å². The van der Waals surface area contributed by atoms with Crippen LogP contribution in [0.4, 0.5) is 4.79 Å². The molecule has 18 heavy (non-hydrogen) atoms. The van der Waals surface area contributed by atoms with Crippen molar-refractivity contribution in [1.82, 2.24) is 4.90 Å². The Bertz CT molecular complexity index is 360. The maximum absolute atomic E-state index is 12.1. The van der Waals surface area contributed by atoms with Crippen LogP contribution in [0.1, 0.15) is 40.0 Å². The zero-order valence-electron chi connectivity index (χ0n) is 11.2. The number of ether oxygens (including phenoxy) is 1. The highest BCUT2D eigenvalue weighted by atomic mass is 16.6. The number of piperidine rings is 2. The first-order chi connectivity index (χ1) is 8.28. The van der Waals surface area contributed by atoms with Crippen LogP contribution in [0, 0.1) is 11.8 Å². The molecular weight excluding hydrogens is 234 g/mol. The predicted octanol–water partition coefficient (Wildman–Crippen LogP) is 2.11. The fourth-order valence-electron chi connectivity index (χ4n) is 2.99. The van der Waals surface area contributed by atoms with Crippen molar-refractivity contribution >= 4 is 12.1 Å². The van der Waals surface area contributed by atoms with Crippen LogP contribution in [-0.4, -0.2) is 40.3 Å². The predicted molar refractivity (Wildman–Crippen MR) is 65.2 cm³/mol. The van der Waals surface area contributed by atoms with Crippen molar-refractivity contribution in [2.45, 2.75) is 51.7 Å². The van der Waals surface area contributed by atoms with Gasteiger partial charge in [-0.25, -0.2) is 4.79 Å². The summed E-state index contributed by atoms with van der Waals surface area (Å²) < 4.78 is 5.35. The Morgan fingerprint density at radius 3 is 2.44 bits per heavy atom. The van der Waals surface area contributed by atoms with Crippen LogP contribution < -0.4 is 0 Å². The Kier molecular flexibility index (Phi) is 3.25. The number of hydrogen-bond donors (Lipinski definition) is 1. The van der Waals surface area contributed by atoms with E-state index in [4.69, 9.17) is 4.74 Å². The Balaban J connectivity index is 2.10. The third-order valence-corrected chi connectivity index (χ3v) is 3.72. The number of hydrogen-bond acceptors (Lipinski definition) is 3. The van der Waals surface area contributed by atoms with E-state index in [1.807, 2.05) is 20.8 Å². The van der Waals surface area contributed by atoms with Crippen molar-refractivity contribution < 1.29 is 19.4 Å². The molecule has 3 fully saturated rings. The molecule has 1 N–H and O–H groups in total. The summed E-state index contributed by atoms with van der Waals surface area (Å²) in [5.41, 5.74) is -0.535. The van der Waals surface area contributed by atoms with Crippen molar-refractivity contribution in [3.05, 3.63) is 0 Å². The minimum atomic E-state index is -0.794. The molecule has 1 amide bonds. The van der Waals surface area contributed by atoms with Crippen LogP contribution >= 0.6 is 0 Å². The molecule has 1 aliphatic carbocycles. The van der Waals surface area contributed by atoms with E-state index >= 15 is 0 Å². The number of rotatable bonds is 1. The lowest BCUT2D eigenvalue weighted by molar-refractivity contribution is -0.149. The van der Waals surface area contributed by atoms with Gasteiger partial charge in [-0.2, -0.15) is 0 Å². The molecular formula is C13H21NO4. The van der Waals surface area contributed by atoms with Gasteiger partial charge in [0, 0.05) is 12.6 Å². The van der Waals surface area contributed by atoms with Gasteiger partial charge in [-0.15, -0.1) is 0 Å². The van der Waals surface area contributed by atoms with Crippen LogP contribution in [0.25, 0.3) is 0 Å². The zero-order chi connectivity index (χ0) is 13.5. The lowest BCUT2D eigenvalue weighted by Crippen LogP contribution is -2.57. The number of carboxylic acid groups (broad SMARTS) is 1. The summed E-state index contributed by atoms with van der Waals surface area (Å²) in [6, 6.07) is -0.192. The van der Waals surface area contributed by atoms with Gasteiger partial charge in [0.15, 0.2) is 0 Å². The average Bonchev–Trinajstić information content (AvgIpc) is 2.27. The van der Waals surface area contributed by atoms with E-state index in [0.717, 1.165) is 12.8 Å². The molecule has 3 atom stereocenters. The second-order valence-electron chi connectivity index (χ2n) is 6.32. The van der Waals surface area contributed by atoms with Crippen molar-refractivity contribution in [3.8, 4) is 0 Å². The van der Waals surface area contributed by atoms with E-state index in [1.54, 1.807) is 4.90 Å². The number of amides is 1. The maximum Gasteiger partial charge on any atom is 0.410 e. The monoisotopic (exact) mass is 255 g/mol. The first-order valence-corrected chi connectivity index (χ1v) is 6.50. The van der Waals surface area contributed by atoms with Crippen LogP contribution in [0.5, 0.6) is 0 Å². The lowest BCUT2D eigenvalue weighted by Gasteiger charge is -2.48. The number of carbonyl (C=O) groups excluding carboxylic acids is 1. The fourth-order valence-corrected chi connectivity index (χ4v) is 2.99. The van der Waals surface area contributed by atoms with Gasteiger partial charge >= 0.3 is 12.1 Å². The molecule has 2 bridgehead atoms. The molecule has 5 heteroatoms. The SMILES string of the molecule is CC(C)(C)OC(=O)N1C[C@@H]2CC[C@H]1[C@H](C(=O)O)C2. The third-order valence-electron chi connectivity index (χ3n) is 3.72. The first-order valence-electron chi connectivity index (χ1n) is 6.50. The minimum absolute atomic E-state index is 0.192. The Labute approximate surface area is 107 Å². The minimum Gasteiger partial charge on any atom is -0.481 e. The number of carbonyl (C=O) groups is 2. The summed E-state index contributed by atoms with van der Waals surface area (Å²) >= 11 is 0. The molecule has 3 rings (SSSR count). The van der Waals surface area contributed by atoms with Gasteiger partial charge in [0.1, 0.15) is 5.60 Å². The summed E-state index contributed by atoms with van der Waals surface area (Å²) in [6.07, 6.45) is 2.12. The molecule has 5 nitrogen and oxygen atoms in total. The quantitative estimate of drug-likeness (QED) is 0.779. The summed E-state index contributed by atoms with van der Waals surface area (Å²) in [6.45, 7) is 6.11. The number of aliphatic carboxylic acids is 1. The Hall–Kier alpha value is -1.26. The van der Waals surface area contributed by atoms with Crippen molar-refractivity contribution in [1.29, 1.82) is 0 Å². The third kappa shape index (κ3) is 2.60. The summed E-state index contributed by atoms with van der Waals surface area (Å²) in [5.74, 6) is -0.911. The topological polar surface area (TPSA) is 66.8 Å². The normalized spacial score (nSPS) is 31.3. The molecule has 2 saturated heterocycles. The van der Waals surface area contributed by atoms with E-state index in [-0.39, 0.29) is 12.1 Å². The highest BCUT2D eigenvalue weighted by Gasteiger charge is 2.46. The largest absolute Gasteiger partial charge is 0.481 e. The fraction of sp³-hybridized carbons (Fsp3) is 0.846. The van der Waals surface area contributed by atoms with E-state index in [1.165, 1.54) is 0 Å². The summed E-state index contributed by atoms with van der Waals surface area (Å²) in [5, 5.41) is 9.21. The Morgan fingerprint density at radius 2 is 1.94 bits per heavy atom. The average molecular weight is 255 g/mol. The molecule has 0 aromatic rings. The molecule has 102 valence electrons.